The van der Waals surface area contributed by atoms with E-state index in [-0.39, 0.29) is 0 Å². The lowest BCUT2D eigenvalue weighted by atomic mass is 9.83. The van der Waals surface area contributed by atoms with Crippen molar-refractivity contribution in [3.05, 3.63) is 174 Å². The van der Waals surface area contributed by atoms with Gasteiger partial charge in [0.1, 0.15) is 0 Å². The number of para-hydroxylation sites is 1. The Bertz CT molecular complexity index is 2440. The van der Waals surface area contributed by atoms with E-state index < -0.39 is 0 Å². The summed E-state index contributed by atoms with van der Waals surface area (Å²) in [6.45, 7) is 6.45. The van der Waals surface area contributed by atoms with Crippen LogP contribution in [0.4, 0.5) is 5.69 Å². The number of nitrogens with zero attached hydrogens (tertiary/aromatic N) is 1. The Morgan fingerprint density at radius 1 is 0.426 bits per heavy atom. The van der Waals surface area contributed by atoms with Gasteiger partial charge in [-0.15, -0.1) is 0 Å². The third-order valence-corrected chi connectivity index (χ3v) is 9.53. The summed E-state index contributed by atoms with van der Waals surface area (Å²) in [7, 11) is 0. The first kappa shape index (κ1) is 28.7. The molecule has 0 bridgehead atoms. The Hall–Kier alpha value is -5.79. The van der Waals surface area contributed by atoms with E-state index in [9.17, 15) is 0 Å². The first-order valence-corrected chi connectivity index (χ1v) is 16.3. The van der Waals surface area contributed by atoms with Gasteiger partial charge < -0.3 is 0 Å². The molecule has 8 aromatic rings. The van der Waals surface area contributed by atoms with Gasteiger partial charge in [0.05, 0.1) is 5.69 Å². The Morgan fingerprint density at radius 3 is 1.70 bits per heavy atom. The normalized spacial score (nSPS) is 11.9. The summed E-state index contributed by atoms with van der Waals surface area (Å²) in [4.78, 5) is 5.08. The lowest BCUT2D eigenvalue weighted by Gasteiger charge is -2.20. The number of aliphatic imine (C=N–C) groups is 1. The summed E-state index contributed by atoms with van der Waals surface area (Å²) < 4.78 is 0. The summed E-state index contributed by atoms with van der Waals surface area (Å²) in [5.41, 5.74) is 13.0. The Balaban J connectivity index is 1.37. The van der Waals surface area contributed by atoms with Crippen LogP contribution in [0.3, 0.4) is 0 Å². The minimum Gasteiger partial charge on any atom is -0.253 e. The topological polar surface area (TPSA) is 12.4 Å². The van der Waals surface area contributed by atoms with Crippen molar-refractivity contribution in [2.24, 2.45) is 4.99 Å². The molecule has 8 rings (SSSR count). The van der Waals surface area contributed by atoms with Gasteiger partial charge in [0.15, 0.2) is 0 Å². The van der Waals surface area contributed by atoms with Crippen LogP contribution in [-0.2, 0) is 0 Å². The summed E-state index contributed by atoms with van der Waals surface area (Å²) >= 11 is 0. The SMILES string of the molecule is C/C(=N\c1ccccc1C)c1ccccc1-c1cc(-c2c3ccccc3c(-c3cccc4ccccc34)c3ccccc23)ccc1C. The van der Waals surface area contributed by atoms with Crippen molar-refractivity contribution in [3.63, 3.8) is 0 Å². The van der Waals surface area contributed by atoms with E-state index in [1.807, 2.05) is 0 Å². The molecule has 0 aliphatic rings. The minimum absolute atomic E-state index is 1.01. The van der Waals surface area contributed by atoms with Crippen LogP contribution in [0.1, 0.15) is 23.6 Å². The van der Waals surface area contributed by atoms with Gasteiger partial charge in [-0.25, -0.2) is 0 Å². The summed E-state index contributed by atoms with van der Waals surface area (Å²) in [6, 6.07) is 57.2. The highest BCUT2D eigenvalue weighted by Gasteiger charge is 2.19. The number of rotatable bonds is 5. The van der Waals surface area contributed by atoms with Crippen LogP contribution in [0.25, 0.3) is 65.7 Å². The zero-order valence-corrected chi connectivity index (χ0v) is 27.0. The van der Waals surface area contributed by atoms with Crippen molar-refractivity contribution in [2.75, 3.05) is 0 Å². The van der Waals surface area contributed by atoms with Gasteiger partial charge in [0.25, 0.3) is 0 Å². The number of hydrogen-bond donors (Lipinski definition) is 0. The van der Waals surface area contributed by atoms with Crippen molar-refractivity contribution in [2.45, 2.75) is 20.8 Å². The van der Waals surface area contributed by atoms with Crippen LogP contribution >= 0.6 is 0 Å². The molecule has 0 unspecified atom stereocenters. The van der Waals surface area contributed by atoms with E-state index in [2.05, 4.69) is 178 Å². The fourth-order valence-electron chi connectivity index (χ4n) is 7.20. The van der Waals surface area contributed by atoms with E-state index in [0.29, 0.717) is 0 Å². The van der Waals surface area contributed by atoms with E-state index in [0.717, 1.165) is 17.0 Å². The average molecular weight is 602 g/mol. The molecular weight excluding hydrogens is 567 g/mol. The molecule has 0 saturated carbocycles. The van der Waals surface area contributed by atoms with Gasteiger partial charge in [-0.1, -0.05) is 146 Å². The lowest BCUT2D eigenvalue weighted by Crippen LogP contribution is -1.99. The van der Waals surface area contributed by atoms with Crippen LogP contribution in [0.2, 0.25) is 0 Å². The van der Waals surface area contributed by atoms with E-state index >= 15 is 0 Å². The molecule has 8 aromatic carbocycles. The van der Waals surface area contributed by atoms with Crippen molar-refractivity contribution >= 4 is 43.7 Å². The molecule has 47 heavy (non-hydrogen) atoms. The second-order valence-electron chi connectivity index (χ2n) is 12.4. The molecule has 0 radical (unpaired) electrons. The molecule has 0 N–H and O–H groups in total. The molecule has 0 aliphatic carbocycles. The second kappa shape index (κ2) is 11.9. The van der Waals surface area contributed by atoms with Gasteiger partial charge in [0, 0.05) is 11.3 Å². The molecule has 224 valence electrons. The number of fused-ring (bicyclic) bond motifs is 3. The summed E-state index contributed by atoms with van der Waals surface area (Å²) in [6.07, 6.45) is 0. The monoisotopic (exact) mass is 601 g/mol. The highest BCUT2D eigenvalue weighted by atomic mass is 14.7. The molecule has 0 saturated heterocycles. The molecule has 0 spiro atoms. The Labute approximate surface area is 276 Å². The smallest absolute Gasteiger partial charge is 0.0662 e. The van der Waals surface area contributed by atoms with E-state index in [4.69, 9.17) is 4.99 Å². The predicted octanol–water partition coefficient (Wildman–Crippen LogP) is 12.9. The number of aryl methyl sites for hydroxylation is 2. The minimum atomic E-state index is 1.01. The van der Waals surface area contributed by atoms with Gasteiger partial charge in [-0.3, -0.25) is 4.99 Å². The highest BCUT2D eigenvalue weighted by Crippen LogP contribution is 2.46. The van der Waals surface area contributed by atoms with E-state index in [1.54, 1.807) is 0 Å². The molecule has 0 amide bonds. The molecule has 1 nitrogen and oxygen atoms in total. The quantitative estimate of drug-likeness (QED) is 0.137. The largest absolute Gasteiger partial charge is 0.253 e. The molecular formula is C46H35N. The fraction of sp³-hybridized carbons (Fsp3) is 0.0652. The van der Waals surface area contributed by atoms with Crippen molar-refractivity contribution in [1.29, 1.82) is 0 Å². The molecule has 0 aliphatic heterocycles. The number of benzene rings is 8. The fourth-order valence-corrected chi connectivity index (χ4v) is 7.20. The maximum Gasteiger partial charge on any atom is 0.0662 e. The summed E-state index contributed by atoms with van der Waals surface area (Å²) in [5.74, 6) is 0. The van der Waals surface area contributed by atoms with Crippen molar-refractivity contribution in [3.8, 4) is 33.4 Å². The third kappa shape index (κ3) is 5.01. The molecule has 0 fully saturated rings. The second-order valence-corrected chi connectivity index (χ2v) is 12.4. The standard InChI is InChI=1S/C46H35N/c1-30-27-28-34(29-43(30)37-20-8-7-18-35(37)32(3)47-44-26-13-4-15-31(44)2)45-39-21-9-11-23-41(39)46(42-24-12-10-22-40(42)45)38-25-14-17-33-16-5-6-19-36(33)38/h4-29H,1-3H3/b47-32+. The maximum atomic E-state index is 5.08. The third-order valence-electron chi connectivity index (χ3n) is 9.53. The van der Waals surface area contributed by atoms with Crippen molar-refractivity contribution < 1.29 is 0 Å². The highest BCUT2D eigenvalue weighted by molar-refractivity contribution is 6.23. The Kier molecular flexibility index (Phi) is 7.23. The predicted molar refractivity (Wildman–Crippen MR) is 203 cm³/mol. The van der Waals surface area contributed by atoms with Crippen LogP contribution < -0.4 is 0 Å². The van der Waals surface area contributed by atoms with Gasteiger partial charge in [-0.05, 0) is 110 Å². The summed E-state index contributed by atoms with van der Waals surface area (Å²) in [5, 5.41) is 7.58. The van der Waals surface area contributed by atoms with Crippen LogP contribution in [0.15, 0.2) is 163 Å². The van der Waals surface area contributed by atoms with Crippen LogP contribution in [-0.4, -0.2) is 5.71 Å². The maximum absolute atomic E-state index is 5.08. The molecule has 0 heterocycles. The van der Waals surface area contributed by atoms with Crippen LogP contribution in [0.5, 0.6) is 0 Å². The Morgan fingerprint density at radius 2 is 0.979 bits per heavy atom. The van der Waals surface area contributed by atoms with Gasteiger partial charge >= 0.3 is 0 Å². The number of hydrogen-bond acceptors (Lipinski definition) is 1. The average Bonchev–Trinajstić information content (AvgIpc) is 3.12. The van der Waals surface area contributed by atoms with Gasteiger partial charge in [0.2, 0.25) is 0 Å². The van der Waals surface area contributed by atoms with E-state index in [1.165, 1.54) is 76.8 Å². The van der Waals surface area contributed by atoms with Gasteiger partial charge in [-0.2, -0.15) is 0 Å². The lowest BCUT2D eigenvalue weighted by molar-refractivity contribution is 1.38. The zero-order valence-electron chi connectivity index (χ0n) is 27.0. The van der Waals surface area contributed by atoms with Crippen LogP contribution in [0, 0.1) is 13.8 Å². The van der Waals surface area contributed by atoms with Crippen molar-refractivity contribution in [1.82, 2.24) is 0 Å². The first-order chi connectivity index (χ1) is 23.1. The molecule has 0 atom stereocenters. The molecule has 1 heteroatoms. The molecule has 0 aromatic heterocycles. The zero-order chi connectivity index (χ0) is 31.9. The first-order valence-electron chi connectivity index (χ1n) is 16.3.